The number of nitrogens with zero attached hydrogens (tertiary/aromatic N) is 2. The molecule has 1 aromatic heterocycles. The molecule has 4 nitrogen and oxygen atoms in total. The molecule has 0 aliphatic carbocycles. The van der Waals surface area contributed by atoms with Gasteiger partial charge in [0.25, 0.3) is 0 Å². The summed E-state index contributed by atoms with van der Waals surface area (Å²) in [5, 5.41) is 8.68. The van der Waals surface area contributed by atoms with Crippen LogP contribution in [0.15, 0.2) is 6.07 Å². The minimum atomic E-state index is -1.81. The zero-order valence-corrected chi connectivity index (χ0v) is 9.23. The highest BCUT2D eigenvalue weighted by atomic mass is 35.6. The Morgan fingerprint density at radius 2 is 2.00 bits per heavy atom. The summed E-state index contributed by atoms with van der Waals surface area (Å²) in [4.78, 5) is 18.0. The molecule has 0 saturated carbocycles. The Balaban J connectivity index is 3.28. The van der Waals surface area contributed by atoms with Gasteiger partial charge in [-0.05, 0) is 13.0 Å². The SMILES string of the molecule is Cc1cc(C(=O)O)nc(C(Cl)(Cl)Cl)n1. The summed E-state index contributed by atoms with van der Waals surface area (Å²) in [6.07, 6.45) is 0. The topological polar surface area (TPSA) is 63.1 Å². The lowest BCUT2D eigenvalue weighted by atomic mass is 10.3. The number of hydrogen-bond donors (Lipinski definition) is 1. The Labute approximate surface area is 94.8 Å². The van der Waals surface area contributed by atoms with Crippen molar-refractivity contribution in [3.63, 3.8) is 0 Å². The molecule has 0 atom stereocenters. The summed E-state index contributed by atoms with van der Waals surface area (Å²) in [5.41, 5.74) is 0.234. The largest absolute Gasteiger partial charge is 0.477 e. The molecule has 0 radical (unpaired) electrons. The molecule has 76 valence electrons. The predicted octanol–water partition coefficient (Wildman–Crippen LogP) is 2.31. The zero-order valence-electron chi connectivity index (χ0n) is 6.96. The normalized spacial score (nSPS) is 11.4. The summed E-state index contributed by atoms with van der Waals surface area (Å²) >= 11 is 16.6. The van der Waals surface area contributed by atoms with Crippen molar-refractivity contribution in [1.29, 1.82) is 0 Å². The molecular formula is C7H5Cl3N2O2. The van der Waals surface area contributed by atoms with E-state index in [4.69, 9.17) is 39.9 Å². The lowest BCUT2D eigenvalue weighted by Crippen LogP contribution is -2.12. The van der Waals surface area contributed by atoms with E-state index in [2.05, 4.69) is 9.97 Å². The Hall–Kier alpha value is -0.580. The summed E-state index contributed by atoms with van der Waals surface area (Å²) in [7, 11) is 0. The van der Waals surface area contributed by atoms with Gasteiger partial charge in [-0.15, -0.1) is 0 Å². The number of rotatable bonds is 1. The molecule has 0 amide bonds. The maximum Gasteiger partial charge on any atom is 0.354 e. The number of aromatic carboxylic acids is 1. The molecular weight excluding hydrogens is 250 g/mol. The van der Waals surface area contributed by atoms with Crippen LogP contribution < -0.4 is 0 Å². The Morgan fingerprint density at radius 1 is 1.43 bits per heavy atom. The third kappa shape index (κ3) is 2.70. The van der Waals surface area contributed by atoms with Crippen molar-refractivity contribution < 1.29 is 9.90 Å². The van der Waals surface area contributed by atoms with Gasteiger partial charge in [0.1, 0.15) is 0 Å². The molecule has 1 aromatic rings. The molecule has 14 heavy (non-hydrogen) atoms. The highest BCUT2D eigenvalue weighted by Gasteiger charge is 2.28. The van der Waals surface area contributed by atoms with Gasteiger partial charge < -0.3 is 5.11 Å². The summed E-state index contributed by atoms with van der Waals surface area (Å²) in [6.45, 7) is 1.59. The number of carbonyl (C=O) groups is 1. The minimum absolute atomic E-state index is 0.139. The van der Waals surface area contributed by atoms with Crippen LogP contribution in [0.4, 0.5) is 0 Å². The first-order valence-electron chi connectivity index (χ1n) is 3.47. The second-order valence-electron chi connectivity index (χ2n) is 2.52. The second kappa shape index (κ2) is 3.88. The van der Waals surface area contributed by atoms with E-state index < -0.39 is 9.76 Å². The molecule has 0 aliphatic rings. The maximum atomic E-state index is 10.6. The van der Waals surface area contributed by atoms with E-state index in [-0.39, 0.29) is 11.5 Å². The van der Waals surface area contributed by atoms with Gasteiger partial charge in [-0.25, -0.2) is 14.8 Å². The number of carboxylic acids is 1. The molecule has 0 aromatic carbocycles. The van der Waals surface area contributed by atoms with E-state index in [0.717, 1.165) is 0 Å². The van der Waals surface area contributed by atoms with Crippen LogP contribution in [-0.2, 0) is 3.79 Å². The second-order valence-corrected chi connectivity index (χ2v) is 4.80. The molecule has 1 heterocycles. The quantitative estimate of drug-likeness (QED) is 0.782. The van der Waals surface area contributed by atoms with Crippen molar-refractivity contribution in [2.75, 3.05) is 0 Å². The molecule has 0 unspecified atom stereocenters. The van der Waals surface area contributed by atoms with Gasteiger partial charge in [0.2, 0.25) is 3.79 Å². The molecule has 0 bridgehead atoms. The van der Waals surface area contributed by atoms with Gasteiger partial charge in [0.15, 0.2) is 11.5 Å². The van der Waals surface area contributed by atoms with Crippen LogP contribution >= 0.6 is 34.8 Å². The van der Waals surface area contributed by atoms with Crippen LogP contribution in [0, 0.1) is 6.92 Å². The monoisotopic (exact) mass is 254 g/mol. The fraction of sp³-hybridized carbons (Fsp3) is 0.286. The smallest absolute Gasteiger partial charge is 0.354 e. The first-order chi connectivity index (χ1) is 6.30. The van der Waals surface area contributed by atoms with Crippen LogP contribution in [0.5, 0.6) is 0 Å². The third-order valence-electron chi connectivity index (χ3n) is 1.33. The molecule has 0 aliphatic heterocycles. The minimum Gasteiger partial charge on any atom is -0.477 e. The van der Waals surface area contributed by atoms with Crippen LogP contribution in [0.25, 0.3) is 0 Å². The summed E-state index contributed by atoms with van der Waals surface area (Å²) in [6, 6.07) is 1.29. The van der Waals surface area contributed by atoms with Crippen molar-refractivity contribution in [1.82, 2.24) is 9.97 Å². The van der Waals surface area contributed by atoms with Gasteiger partial charge in [0.05, 0.1) is 0 Å². The first kappa shape index (κ1) is 11.5. The predicted molar refractivity (Wildman–Crippen MR) is 53.0 cm³/mol. The number of aryl methyl sites for hydroxylation is 1. The molecule has 0 spiro atoms. The van der Waals surface area contributed by atoms with Crippen LogP contribution in [0.3, 0.4) is 0 Å². The third-order valence-corrected chi connectivity index (χ3v) is 1.83. The van der Waals surface area contributed by atoms with Crippen molar-refractivity contribution in [2.24, 2.45) is 0 Å². The van der Waals surface area contributed by atoms with E-state index in [1.807, 2.05) is 0 Å². The average Bonchev–Trinajstić information content (AvgIpc) is 2.01. The van der Waals surface area contributed by atoms with Crippen molar-refractivity contribution >= 4 is 40.8 Å². The van der Waals surface area contributed by atoms with Gasteiger partial charge in [-0.2, -0.15) is 0 Å². The molecule has 7 heteroatoms. The molecule has 0 saturated heterocycles. The fourth-order valence-electron chi connectivity index (χ4n) is 0.805. The maximum absolute atomic E-state index is 10.6. The van der Waals surface area contributed by atoms with Crippen molar-refractivity contribution in [3.8, 4) is 0 Å². The van der Waals surface area contributed by atoms with E-state index in [0.29, 0.717) is 5.69 Å². The van der Waals surface area contributed by atoms with E-state index in [9.17, 15) is 4.79 Å². The van der Waals surface area contributed by atoms with Crippen LogP contribution in [-0.4, -0.2) is 21.0 Å². The van der Waals surface area contributed by atoms with Crippen LogP contribution in [0.2, 0.25) is 0 Å². The van der Waals surface area contributed by atoms with E-state index in [1.165, 1.54) is 6.07 Å². The standard InChI is InChI=1S/C7H5Cl3N2O2/c1-3-2-4(5(13)14)12-6(11-3)7(8,9)10/h2H,1H3,(H,13,14). The number of hydrogen-bond acceptors (Lipinski definition) is 3. The van der Waals surface area contributed by atoms with Gasteiger partial charge in [-0.3, -0.25) is 0 Å². The van der Waals surface area contributed by atoms with Crippen molar-refractivity contribution in [3.05, 3.63) is 23.3 Å². The van der Waals surface area contributed by atoms with Gasteiger partial charge in [-0.1, -0.05) is 34.8 Å². The fourth-order valence-corrected chi connectivity index (χ4v) is 1.06. The number of aromatic nitrogens is 2. The summed E-state index contributed by atoms with van der Waals surface area (Å²) < 4.78 is -1.81. The average molecular weight is 255 g/mol. The summed E-state index contributed by atoms with van der Waals surface area (Å²) in [5.74, 6) is -1.33. The highest BCUT2D eigenvalue weighted by molar-refractivity contribution is 6.66. The Bertz CT molecular complexity index is 376. The molecule has 0 fully saturated rings. The van der Waals surface area contributed by atoms with E-state index >= 15 is 0 Å². The first-order valence-corrected chi connectivity index (χ1v) is 4.60. The molecule has 1 rings (SSSR count). The van der Waals surface area contributed by atoms with Gasteiger partial charge >= 0.3 is 5.97 Å². The number of halogens is 3. The zero-order chi connectivity index (χ0) is 10.9. The van der Waals surface area contributed by atoms with Gasteiger partial charge in [0, 0.05) is 5.69 Å². The Kier molecular flexibility index (Phi) is 3.19. The number of alkyl halides is 3. The lowest BCUT2D eigenvalue weighted by Gasteiger charge is -2.09. The van der Waals surface area contributed by atoms with E-state index in [1.54, 1.807) is 6.92 Å². The van der Waals surface area contributed by atoms with Crippen molar-refractivity contribution in [2.45, 2.75) is 10.7 Å². The Morgan fingerprint density at radius 3 is 2.43 bits per heavy atom. The molecule has 1 N–H and O–H groups in total. The number of carboxylic acid groups (broad SMARTS) is 1. The highest BCUT2D eigenvalue weighted by Crippen LogP contribution is 2.35. The lowest BCUT2D eigenvalue weighted by molar-refractivity contribution is 0.0689. The van der Waals surface area contributed by atoms with Crippen LogP contribution in [0.1, 0.15) is 22.0 Å².